The van der Waals surface area contributed by atoms with Crippen LogP contribution in [0, 0.1) is 0 Å². The first-order valence-electron chi connectivity index (χ1n) is 17.0. The summed E-state index contributed by atoms with van der Waals surface area (Å²) >= 11 is 8.35. The number of para-hydroxylation sites is 1. The van der Waals surface area contributed by atoms with Gasteiger partial charge in [0, 0.05) is 53.5 Å². The van der Waals surface area contributed by atoms with Gasteiger partial charge in [0.15, 0.2) is 0 Å². The van der Waals surface area contributed by atoms with E-state index in [4.69, 9.17) is 26.2 Å². The van der Waals surface area contributed by atoms with Crippen LogP contribution in [0.4, 0.5) is 0 Å². The molecule has 12 heteroatoms. The highest BCUT2D eigenvalue weighted by Crippen LogP contribution is 2.53. The zero-order valence-corrected chi connectivity index (χ0v) is 29.4. The lowest BCUT2D eigenvalue weighted by molar-refractivity contribution is -0.138. The Balaban J connectivity index is 1.10. The van der Waals surface area contributed by atoms with Gasteiger partial charge in [-0.15, -0.1) is 11.8 Å². The van der Waals surface area contributed by atoms with E-state index in [1.54, 1.807) is 11.8 Å². The van der Waals surface area contributed by atoms with E-state index in [0.29, 0.717) is 30.7 Å². The summed E-state index contributed by atoms with van der Waals surface area (Å²) in [5.74, 6) is 1.48. The fraction of sp³-hybridized carbons (Fsp3) is 0.514. The standard InChI is InChI=1S/C37H47ClN2O8S/c1-24(42)40(21-32(43)35(45)36(46)33(44)22-41)17-5-2-6-18-49-27-11-12-31(38)25(19-27)23-47-37(14-15-37)30-20-39-16-13-28(30)29-7-3-4-8-34(29)48-26-9-10-26/h3-4,7-8,11-13,16,19-20,26,32-33,35-36,41,43-46H,2,5-6,9-10,14-15,17-18,21-23H2,1H3/t32-,33+,35+,36+/m0/s1. The number of benzene rings is 2. The highest BCUT2D eigenvalue weighted by Gasteiger charge is 2.48. The van der Waals surface area contributed by atoms with Gasteiger partial charge < -0.3 is 39.9 Å². The van der Waals surface area contributed by atoms with Crippen LogP contribution in [-0.4, -0.2) is 97.3 Å². The Morgan fingerprint density at radius 1 is 1.02 bits per heavy atom. The number of rotatable bonds is 20. The van der Waals surface area contributed by atoms with Gasteiger partial charge in [-0.2, -0.15) is 0 Å². The highest BCUT2D eigenvalue weighted by molar-refractivity contribution is 7.99. The Morgan fingerprint density at radius 3 is 2.49 bits per heavy atom. The lowest BCUT2D eigenvalue weighted by Gasteiger charge is -2.30. The van der Waals surface area contributed by atoms with Crippen LogP contribution in [-0.2, 0) is 21.7 Å². The molecule has 3 aromatic rings. The Bertz CT molecular complexity index is 1540. The molecule has 0 unspecified atom stereocenters. The van der Waals surface area contributed by atoms with Crippen molar-refractivity contribution in [2.45, 2.75) is 99.5 Å². The van der Waals surface area contributed by atoms with Crippen molar-refractivity contribution in [3.63, 3.8) is 0 Å². The van der Waals surface area contributed by atoms with Crippen molar-refractivity contribution in [1.82, 2.24) is 9.88 Å². The lowest BCUT2D eigenvalue weighted by Crippen LogP contribution is -2.50. The number of carbonyl (C=O) groups is 1. The van der Waals surface area contributed by atoms with E-state index in [1.165, 1.54) is 11.8 Å². The summed E-state index contributed by atoms with van der Waals surface area (Å²) < 4.78 is 12.9. The summed E-state index contributed by atoms with van der Waals surface area (Å²) in [6, 6.07) is 16.2. The summed E-state index contributed by atoms with van der Waals surface area (Å²) in [5.41, 5.74) is 3.70. The summed E-state index contributed by atoms with van der Waals surface area (Å²) in [4.78, 5) is 19.1. The Kier molecular flexibility index (Phi) is 13.4. The highest BCUT2D eigenvalue weighted by atomic mass is 35.5. The number of hydrogen-bond donors (Lipinski definition) is 5. The number of carbonyl (C=O) groups excluding carboxylic acids is 1. The van der Waals surface area contributed by atoms with Crippen LogP contribution < -0.4 is 4.74 Å². The van der Waals surface area contributed by atoms with Gasteiger partial charge in [-0.25, -0.2) is 0 Å². The first-order chi connectivity index (χ1) is 23.6. The zero-order valence-electron chi connectivity index (χ0n) is 27.8. The molecule has 0 radical (unpaired) electrons. The molecule has 10 nitrogen and oxygen atoms in total. The third-order valence-electron chi connectivity index (χ3n) is 9.05. The number of hydrogen-bond acceptors (Lipinski definition) is 10. The van der Waals surface area contributed by atoms with E-state index in [1.807, 2.05) is 48.8 Å². The molecule has 0 saturated heterocycles. The van der Waals surface area contributed by atoms with Gasteiger partial charge in [-0.05, 0) is 85.7 Å². The number of unbranched alkanes of at least 4 members (excludes halogenated alkanes) is 2. The molecule has 2 fully saturated rings. The topological polar surface area (TPSA) is 153 Å². The molecule has 2 aliphatic rings. The first kappa shape index (κ1) is 37.5. The summed E-state index contributed by atoms with van der Waals surface area (Å²) in [6.07, 6.45) is 3.97. The van der Waals surface area contributed by atoms with Gasteiger partial charge in [0.2, 0.25) is 5.91 Å². The molecule has 1 aromatic heterocycles. The molecule has 1 heterocycles. The normalized spacial score (nSPS) is 17.6. The van der Waals surface area contributed by atoms with Crippen molar-refractivity contribution in [2.75, 3.05) is 25.4 Å². The van der Waals surface area contributed by atoms with Crippen molar-refractivity contribution >= 4 is 29.3 Å². The molecular formula is C37H47ClN2O8S. The summed E-state index contributed by atoms with van der Waals surface area (Å²) in [6.45, 7) is 1.18. The largest absolute Gasteiger partial charge is 0.490 e. The van der Waals surface area contributed by atoms with E-state index in [2.05, 4.69) is 17.1 Å². The quantitative estimate of drug-likeness (QED) is 0.0823. The summed E-state index contributed by atoms with van der Waals surface area (Å²) in [5, 5.41) is 49.4. The maximum Gasteiger partial charge on any atom is 0.219 e. The molecule has 0 bridgehead atoms. The average Bonchev–Trinajstić information content (AvgIpc) is 4.06. The van der Waals surface area contributed by atoms with Crippen molar-refractivity contribution in [3.8, 4) is 16.9 Å². The molecule has 266 valence electrons. The van der Waals surface area contributed by atoms with Crippen LogP contribution in [0.3, 0.4) is 0 Å². The van der Waals surface area contributed by atoms with Crippen molar-refractivity contribution in [2.24, 2.45) is 0 Å². The van der Waals surface area contributed by atoms with Crippen LogP contribution in [0.25, 0.3) is 11.1 Å². The van der Waals surface area contributed by atoms with E-state index in [-0.39, 0.29) is 12.5 Å². The minimum Gasteiger partial charge on any atom is -0.490 e. The molecule has 5 N–H and O–H groups in total. The number of amides is 1. The number of aliphatic hydroxyl groups excluding tert-OH is 5. The van der Waals surface area contributed by atoms with Crippen molar-refractivity contribution < 1.29 is 39.8 Å². The summed E-state index contributed by atoms with van der Waals surface area (Å²) in [7, 11) is 0. The predicted molar refractivity (Wildman–Crippen MR) is 188 cm³/mol. The Morgan fingerprint density at radius 2 is 1.78 bits per heavy atom. The monoisotopic (exact) mass is 714 g/mol. The van der Waals surface area contributed by atoms with Crippen LogP contribution in [0.5, 0.6) is 5.75 Å². The zero-order chi connectivity index (χ0) is 35.0. The number of aromatic nitrogens is 1. The second kappa shape index (κ2) is 17.5. The van der Waals surface area contributed by atoms with Crippen LogP contribution in [0.1, 0.15) is 63.0 Å². The van der Waals surface area contributed by atoms with E-state index >= 15 is 0 Å². The maximum atomic E-state index is 12.1. The van der Waals surface area contributed by atoms with Gasteiger partial charge >= 0.3 is 0 Å². The van der Waals surface area contributed by atoms with E-state index < -0.39 is 36.6 Å². The SMILES string of the molecule is CC(=O)N(CCCCCSc1ccc(Cl)c(COC2(c3cnccc3-c3ccccc3OC3CC3)CC2)c1)C[C@H](O)[C@@H](O)[C@H](O)[C@H](O)CO. The Labute approximate surface area is 297 Å². The van der Waals surface area contributed by atoms with Gasteiger partial charge in [-0.1, -0.05) is 36.2 Å². The van der Waals surface area contributed by atoms with Gasteiger partial charge in [0.05, 0.1) is 24.9 Å². The molecule has 0 aliphatic heterocycles. The van der Waals surface area contributed by atoms with Crippen LogP contribution in [0.15, 0.2) is 65.8 Å². The third kappa shape index (κ3) is 10.2. The molecule has 0 spiro atoms. The maximum absolute atomic E-state index is 12.1. The Hall–Kier alpha value is -2.74. The van der Waals surface area contributed by atoms with Crippen molar-refractivity contribution in [1.29, 1.82) is 0 Å². The van der Waals surface area contributed by atoms with Crippen molar-refractivity contribution in [3.05, 3.63) is 77.1 Å². The third-order valence-corrected chi connectivity index (χ3v) is 10.5. The average molecular weight is 715 g/mol. The number of ether oxygens (including phenoxy) is 2. The lowest BCUT2D eigenvalue weighted by atomic mass is 9.96. The molecule has 2 aliphatic carbocycles. The fourth-order valence-corrected chi connectivity index (χ4v) is 6.91. The van der Waals surface area contributed by atoms with Gasteiger partial charge in [0.1, 0.15) is 30.2 Å². The predicted octanol–water partition coefficient (Wildman–Crippen LogP) is 4.70. The molecule has 1 amide bonds. The van der Waals surface area contributed by atoms with E-state index in [0.717, 1.165) is 77.2 Å². The second-order valence-electron chi connectivity index (χ2n) is 12.9. The smallest absolute Gasteiger partial charge is 0.219 e. The molecular weight excluding hydrogens is 668 g/mol. The number of halogens is 1. The van der Waals surface area contributed by atoms with Gasteiger partial charge in [0.25, 0.3) is 0 Å². The van der Waals surface area contributed by atoms with Crippen LogP contribution in [0.2, 0.25) is 5.02 Å². The first-order valence-corrected chi connectivity index (χ1v) is 18.3. The molecule has 5 rings (SSSR count). The molecule has 2 saturated carbocycles. The number of thioether (sulfide) groups is 1. The van der Waals surface area contributed by atoms with Gasteiger partial charge in [-0.3, -0.25) is 9.78 Å². The molecule has 49 heavy (non-hydrogen) atoms. The minimum absolute atomic E-state index is 0.193. The number of aliphatic hydroxyl groups is 5. The molecule has 2 aromatic carbocycles. The van der Waals surface area contributed by atoms with E-state index in [9.17, 15) is 25.2 Å². The fourth-order valence-electron chi connectivity index (χ4n) is 5.77. The second-order valence-corrected chi connectivity index (χ2v) is 14.5. The number of pyridine rings is 1. The molecule has 4 atom stereocenters. The minimum atomic E-state index is -1.73. The van der Waals surface area contributed by atoms with Crippen LogP contribution >= 0.6 is 23.4 Å². The number of nitrogens with zero attached hydrogens (tertiary/aromatic N) is 2.